The van der Waals surface area contributed by atoms with Gasteiger partial charge in [0.05, 0.1) is 5.52 Å². The molecule has 0 amide bonds. The van der Waals surface area contributed by atoms with Crippen molar-refractivity contribution in [2.45, 2.75) is 13.5 Å². The van der Waals surface area contributed by atoms with Crippen LogP contribution in [0.4, 0.5) is 0 Å². The highest BCUT2D eigenvalue weighted by Crippen LogP contribution is 2.35. The molecule has 0 fully saturated rings. The Morgan fingerprint density at radius 3 is 2.20 bits per heavy atom. The van der Waals surface area contributed by atoms with Crippen LogP contribution in [0.15, 0.2) is 84.9 Å². The molecule has 4 aromatic carbocycles. The van der Waals surface area contributed by atoms with Crippen molar-refractivity contribution in [3.63, 3.8) is 0 Å². The Bertz CT molecular complexity index is 1210. The van der Waals surface area contributed by atoms with Crippen LogP contribution in [-0.2, 0) is 6.54 Å². The molecule has 0 bridgehead atoms. The topological polar surface area (TPSA) is 4.93 Å². The van der Waals surface area contributed by atoms with Crippen molar-refractivity contribution in [3.8, 4) is 0 Å². The average molecular weight is 321 g/mol. The summed E-state index contributed by atoms with van der Waals surface area (Å²) in [6.45, 7) is 3.15. The van der Waals surface area contributed by atoms with Gasteiger partial charge in [0.15, 0.2) is 0 Å². The molecule has 1 heterocycles. The summed E-state index contributed by atoms with van der Waals surface area (Å²) in [6.07, 6.45) is 0. The molecule has 0 aliphatic heterocycles. The normalized spacial score (nSPS) is 11.6. The first-order valence-electron chi connectivity index (χ1n) is 8.76. The number of aromatic nitrogens is 1. The Morgan fingerprint density at radius 2 is 1.36 bits per heavy atom. The van der Waals surface area contributed by atoms with Gasteiger partial charge in [-0.3, -0.25) is 0 Å². The van der Waals surface area contributed by atoms with E-state index in [2.05, 4.69) is 96.4 Å². The number of benzene rings is 4. The van der Waals surface area contributed by atoms with Crippen molar-refractivity contribution in [2.75, 3.05) is 0 Å². The highest BCUT2D eigenvalue weighted by molar-refractivity contribution is 6.14. The number of aryl methyl sites for hydroxylation is 1. The predicted octanol–water partition coefficient (Wildman–Crippen LogP) is 6.30. The molecule has 1 nitrogen and oxygen atoms in total. The van der Waals surface area contributed by atoms with Gasteiger partial charge >= 0.3 is 0 Å². The molecule has 5 aromatic rings. The van der Waals surface area contributed by atoms with Gasteiger partial charge in [-0.25, -0.2) is 0 Å². The van der Waals surface area contributed by atoms with Gasteiger partial charge in [0.1, 0.15) is 0 Å². The van der Waals surface area contributed by atoms with E-state index in [-0.39, 0.29) is 0 Å². The first-order valence-corrected chi connectivity index (χ1v) is 8.76. The third-order valence-electron chi connectivity index (χ3n) is 5.21. The lowest BCUT2D eigenvalue weighted by molar-refractivity contribution is 0.867. The minimum atomic E-state index is 0.893. The van der Waals surface area contributed by atoms with Crippen LogP contribution in [0.25, 0.3) is 32.6 Å². The monoisotopic (exact) mass is 321 g/mol. The van der Waals surface area contributed by atoms with Crippen LogP contribution in [-0.4, -0.2) is 4.57 Å². The molecule has 0 N–H and O–H groups in total. The summed E-state index contributed by atoms with van der Waals surface area (Å²) in [7, 11) is 0. The van der Waals surface area contributed by atoms with Gasteiger partial charge in [0, 0.05) is 22.8 Å². The fourth-order valence-electron chi connectivity index (χ4n) is 4.06. The summed E-state index contributed by atoms with van der Waals surface area (Å²) in [5.41, 5.74) is 5.35. The molecular formula is C24H19N. The van der Waals surface area contributed by atoms with Gasteiger partial charge < -0.3 is 4.57 Å². The Hall–Kier alpha value is -3.06. The molecule has 1 heteroatoms. The van der Waals surface area contributed by atoms with Crippen molar-refractivity contribution in [1.82, 2.24) is 4.57 Å². The van der Waals surface area contributed by atoms with Gasteiger partial charge in [-0.2, -0.15) is 0 Å². The Kier molecular flexibility index (Phi) is 3.14. The zero-order valence-electron chi connectivity index (χ0n) is 14.2. The van der Waals surface area contributed by atoms with Crippen LogP contribution < -0.4 is 0 Å². The van der Waals surface area contributed by atoms with Crippen LogP contribution in [0, 0.1) is 6.92 Å². The zero-order chi connectivity index (χ0) is 16.8. The molecule has 0 spiro atoms. The van der Waals surface area contributed by atoms with Crippen LogP contribution in [0.1, 0.15) is 11.1 Å². The highest BCUT2D eigenvalue weighted by atomic mass is 15.0. The van der Waals surface area contributed by atoms with E-state index in [1.165, 1.54) is 43.7 Å². The van der Waals surface area contributed by atoms with E-state index < -0.39 is 0 Å². The molecule has 5 rings (SSSR count). The van der Waals surface area contributed by atoms with Gasteiger partial charge in [-0.1, -0.05) is 72.8 Å². The lowest BCUT2D eigenvalue weighted by atomic mass is 10.0. The van der Waals surface area contributed by atoms with Crippen LogP contribution >= 0.6 is 0 Å². The van der Waals surface area contributed by atoms with Crippen molar-refractivity contribution in [1.29, 1.82) is 0 Å². The Balaban J connectivity index is 1.92. The summed E-state index contributed by atoms with van der Waals surface area (Å²) in [4.78, 5) is 0. The van der Waals surface area contributed by atoms with Crippen LogP contribution in [0.3, 0.4) is 0 Å². The molecule has 120 valence electrons. The molecular weight excluding hydrogens is 302 g/mol. The average Bonchev–Trinajstić information content (AvgIpc) is 2.97. The maximum Gasteiger partial charge on any atom is 0.0530 e. The molecule has 0 atom stereocenters. The van der Waals surface area contributed by atoms with Crippen molar-refractivity contribution in [2.24, 2.45) is 0 Å². The number of para-hydroxylation sites is 1. The molecule has 25 heavy (non-hydrogen) atoms. The minimum absolute atomic E-state index is 0.893. The lowest BCUT2D eigenvalue weighted by Gasteiger charge is -2.11. The molecule has 0 unspecified atom stereocenters. The molecule has 0 aliphatic rings. The quantitative estimate of drug-likeness (QED) is 0.359. The summed E-state index contributed by atoms with van der Waals surface area (Å²) < 4.78 is 2.47. The fraction of sp³-hybridized carbons (Fsp3) is 0.0833. The van der Waals surface area contributed by atoms with Gasteiger partial charge in [-0.05, 0) is 41.0 Å². The summed E-state index contributed by atoms with van der Waals surface area (Å²) in [5.74, 6) is 0. The van der Waals surface area contributed by atoms with Gasteiger partial charge in [-0.15, -0.1) is 0 Å². The predicted molar refractivity (Wildman–Crippen MR) is 107 cm³/mol. The second-order valence-electron chi connectivity index (χ2n) is 6.71. The minimum Gasteiger partial charge on any atom is -0.336 e. The fourth-order valence-corrected chi connectivity index (χ4v) is 4.06. The van der Waals surface area contributed by atoms with E-state index >= 15 is 0 Å². The summed E-state index contributed by atoms with van der Waals surface area (Å²) >= 11 is 0. The number of rotatable bonds is 2. The van der Waals surface area contributed by atoms with Gasteiger partial charge in [0.2, 0.25) is 0 Å². The van der Waals surface area contributed by atoms with Crippen LogP contribution in [0.2, 0.25) is 0 Å². The SMILES string of the molecule is Cc1c2ccccc2cc2c3ccccc3n(Cc3ccccc3)c12. The Morgan fingerprint density at radius 1 is 0.680 bits per heavy atom. The van der Waals surface area contributed by atoms with E-state index in [9.17, 15) is 0 Å². The molecule has 0 saturated heterocycles. The number of nitrogens with zero attached hydrogens (tertiary/aromatic N) is 1. The first kappa shape index (κ1) is 14.3. The third kappa shape index (κ3) is 2.16. The number of fused-ring (bicyclic) bond motifs is 4. The lowest BCUT2D eigenvalue weighted by Crippen LogP contribution is -2.00. The standard InChI is InChI=1S/C24H19N/c1-17-20-12-6-5-11-19(20)15-22-21-13-7-8-14-23(21)25(24(17)22)16-18-9-3-2-4-10-18/h2-15H,16H2,1H3. The molecule has 1 aromatic heterocycles. The van der Waals surface area contributed by atoms with Crippen molar-refractivity contribution in [3.05, 3.63) is 96.1 Å². The Labute approximate surface area is 147 Å². The summed E-state index contributed by atoms with van der Waals surface area (Å²) in [6, 6.07) is 30.5. The van der Waals surface area contributed by atoms with Crippen molar-refractivity contribution < 1.29 is 0 Å². The maximum absolute atomic E-state index is 2.47. The molecule has 0 radical (unpaired) electrons. The molecule has 0 aliphatic carbocycles. The highest BCUT2D eigenvalue weighted by Gasteiger charge is 2.14. The first-order chi connectivity index (χ1) is 12.3. The third-order valence-corrected chi connectivity index (χ3v) is 5.21. The molecule has 0 saturated carbocycles. The van der Waals surface area contributed by atoms with E-state index in [4.69, 9.17) is 0 Å². The number of hydrogen-bond donors (Lipinski definition) is 0. The maximum atomic E-state index is 2.47. The second-order valence-corrected chi connectivity index (χ2v) is 6.71. The van der Waals surface area contributed by atoms with E-state index in [1.807, 2.05) is 0 Å². The largest absolute Gasteiger partial charge is 0.336 e. The van der Waals surface area contributed by atoms with Crippen LogP contribution in [0.5, 0.6) is 0 Å². The smallest absolute Gasteiger partial charge is 0.0530 e. The zero-order valence-corrected chi connectivity index (χ0v) is 14.2. The number of hydrogen-bond acceptors (Lipinski definition) is 0. The van der Waals surface area contributed by atoms with E-state index in [0.29, 0.717) is 0 Å². The second kappa shape index (κ2) is 5.49. The van der Waals surface area contributed by atoms with E-state index in [1.54, 1.807) is 0 Å². The van der Waals surface area contributed by atoms with E-state index in [0.717, 1.165) is 6.54 Å². The van der Waals surface area contributed by atoms with Gasteiger partial charge in [0.25, 0.3) is 0 Å². The van der Waals surface area contributed by atoms with Crippen molar-refractivity contribution >= 4 is 32.6 Å². The summed E-state index contributed by atoms with van der Waals surface area (Å²) in [5, 5.41) is 5.34.